The average Bonchev–Trinajstić information content (AvgIpc) is 2.80. The first-order valence-electron chi connectivity index (χ1n) is 9.95. The Bertz CT molecular complexity index is 1180. The van der Waals surface area contributed by atoms with Crippen molar-refractivity contribution in [3.8, 4) is 0 Å². The van der Waals surface area contributed by atoms with Gasteiger partial charge in [-0.25, -0.2) is 18.4 Å². The number of nitro groups is 1. The van der Waals surface area contributed by atoms with Crippen molar-refractivity contribution < 1.29 is 13.3 Å². The standard InChI is InChI=1S/C21H24N6O4S/c1-4-26(5-2)32(30,31)18-13-11-16(12-14-18)24-20-19(27(28)29)21(23-15-22-20)25(3)17-9-7-6-8-10-17/h6-15H,4-5H2,1-3H3,(H,22,23,24). The van der Waals surface area contributed by atoms with Gasteiger partial charge in [0.05, 0.1) is 9.82 Å². The molecule has 0 radical (unpaired) electrons. The van der Waals surface area contributed by atoms with Crippen molar-refractivity contribution in [3.05, 3.63) is 71.0 Å². The van der Waals surface area contributed by atoms with Gasteiger partial charge in [0.2, 0.25) is 21.7 Å². The minimum atomic E-state index is -3.60. The first-order valence-corrected chi connectivity index (χ1v) is 11.4. The summed E-state index contributed by atoms with van der Waals surface area (Å²) in [7, 11) is -1.91. The number of anilines is 4. The summed E-state index contributed by atoms with van der Waals surface area (Å²) in [6.07, 6.45) is 1.24. The van der Waals surface area contributed by atoms with E-state index in [1.54, 1.807) is 37.9 Å². The van der Waals surface area contributed by atoms with Gasteiger partial charge in [0.1, 0.15) is 6.33 Å². The van der Waals surface area contributed by atoms with Gasteiger partial charge in [-0.05, 0) is 36.4 Å². The molecule has 0 bridgehead atoms. The second-order valence-electron chi connectivity index (χ2n) is 6.78. The van der Waals surface area contributed by atoms with Crippen molar-refractivity contribution in [2.24, 2.45) is 0 Å². The van der Waals surface area contributed by atoms with Crippen molar-refractivity contribution in [1.29, 1.82) is 0 Å². The van der Waals surface area contributed by atoms with Crippen molar-refractivity contribution >= 4 is 38.7 Å². The topological polar surface area (TPSA) is 122 Å². The molecule has 0 saturated carbocycles. The highest BCUT2D eigenvalue weighted by Crippen LogP contribution is 2.36. The van der Waals surface area contributed by atoms with Gasteiger partial charge in [-0.15, -0.1) is 0 Å². The van der Waals surface area contributed by atoms with E-state index in [-0.39, 0.29) is 22.2 Å². The molecule has 168 valence electrons. The van der Waals surface area contributed by atoms with E-state index in [9.17, 15) is 18.5 Å². The summed E-state index contributed by atoms with van der Waals surface area (Å²) in [4.78, 5) is 21.2. The fourth-order valence-electron chi connectivity index (χ4n) is 3.21. The Morgan fingerprint density at radius 2 is 1.62 bits per heavy atom. The third-order valence-electron chi connectivity index (χ3n) is 4.91. The molecule has 1 heterocycles. The predicted molar refractivity (Wildman–Crippen MR) is 123 cm³/mol. The molecule has 1 aromatic heterocycles. The molecule has 0 saturated heterocycles. The van der Waals surface area contributed by atoms with Gasteiger partial charge >= 0.3 is 5.69 Å². The molecule has 10 nitrogen and oxygen atoms in total. The lowest BCUT2D eigenvalue weighted by Gasteiger charge is -2.19. The quantitative estimate of drug-likeness (QED) is 0.380. The molecule has 0 atom stereocenters. The average molecular weight is 457 g/mol. The first-order chi connectivity index (χ1) is 15.3. The Morgan fingerprint density at radius 1 is 1.00 bits per heavy atom. The van der Waals surface area contributed by atoms with Crippen LogP contribution in [0.15, 0.2) is 65.8 Å². The highest BCUT2D eigenvalue weighted by Gasteiger charge is 2.27. The summed E-state index contributed by atoms with van der Waals surface area (Å²) in [5.74, 6) is 0.126. The molecule has 0 unspecified atom stereocenters. The van der Waals surface area contributed by atoms with Crippen LogP contribution < -0.4 is 10.2 Å². The Morgan fingerprint density at radius 3 is 2.19 bits per heavy atom. The van der Waals surface area contributed by atoms with Gasteiger partial charge in [0.25, 0.3) is 0 Å². The molecule has 0 amide bonds. The lowest BCUT2D eigenvalue weighted by atomic mass is 10.2. The zero-order chi connectivity index (χ0) is 23.3. The van der Waals surface area contributed by atoms with E-state index in [1.165, 1.54) is 22.8 Å². The van der Waals surface area contributed by atoms with Crippen molar-refractivity contribution in [3.63, 3.8) is 0 Å². The molecule has 2 aromatic carbocycles. The molecule has 3 aromatic rings. The van der Waals surface area contributed by atoms with Crippen LogP contribution in [0, 0.1) is 10.1 Å². The molecule has 32 heavy (non-hydrogen) atoms. The first kappa shape index (κ1) is 23.1. The summed E-state index contributed by atoms with van der Waals surface area (Å²) in [6, 6.07) is 15.1. The van der Waals surface area contributed by atoms with E-state index in [0.29, 0.717) is 18.8 Å². The van der Waals surface area contributed by atoms with Crippen LogP contribution in [0.5, 0.6) is 0 Å². The molecule has 0 fully saturated rings. The molecular weight excluding hydrogens is 432 g/mol. The van der Waals surface area contributed by atoms with Gasteiger partial charge in [-0.1, -0.05) is 32.0 Å². The number of benzene rings is 2. The van der Waals surface area contributed by atoms with Gasteiger partial charge in [-0.2, -0.15) is 4.31 Å². The van der Waals surface area contributed by atoms with Gasteiger partial charge in [-0.3, -0.25) is 10.1 Å². The highest BCUT2D eigenvalue weighted by atomic mass is 32.2. The number of nitrogens with zero attached hydrogens (tertiary/aromatic N) is 5. The zero-order valence-electron chi connectivity index (χ0n) is 18.0. The summed E-state index contributed by atoms with van der Waals surface area (Å²) >= 11 is 0. The summed E-state index contributed by atoms with van der Waals surface area (Å²) in [6.45, 7) is 4.28. The smallest absolute Gasteiger partial charge is 0.334 e. The minimum Gasteiger partial charge on any atom is -0.334 e. The van der Waals surface area contributed by atoms with E-state index in [1.807, 2.05) is 30.3 Å². The Kier molecular flexibility index (Phi) is 7.01. The Hall–Kier alpha value is -3.57. The maximum atomic E-state index is 12.7. The van der Waals surface area contributed by atoms with Crippen LogP contribution in [0.1, 0.15) is 13.8 Å². The number of aromatic nitrogens is 2. The summed E-state index contributed by atoms with van der Waals surface area (Å²) in [5, 5.41) is 14.8. The van der Waals surface area contributed by atoms with Crippen LogP contribution in [-0.4, -0.2) is 47.8 Å². The molecule has 0 aliphatic heterocycles. The van der Waals surface area contributed by atoms with Crippen LogP contribution in [0.4, 0.5) is 28.7 Å². The van der Waals surface area contributed by atoms with Crippen LogP contribution >= 0.6 is 0 Å². The fourth-order valence-corrected chi connectivity index (χ4v) is 4.67. The lowest BCUT2D eigenvalue weighted by molar-refractivity contribution is -0.383. The van der Waals surface area contributed by atoms with Crippen molar-refractivity contribution in [2.45, 2.75) is 18.7 Å². The fraction of sp³-hybridized carbons (Fsp3) is 0.238. The predicted octanol–water partition coefficient (Wildman–Crippen LogP) is 3.93. The van der Waals surface area contributed by atoms with Gasteiger partial charge in [0, 0.05) is 31.5 Å². The van der Waals surface area contributed by atoms with Crippen LogP contribution in [0.3, 0.4) is 0 Å². The summed E-state index contributed by atoms with van der Waals surface area (Å²) < 4.78 is 26.7. The van der Waals surface area contributed by atoms with E-state index in [2.05, 4.69) is 15.3 Å². The number of sulfonamides is 1. The normalized spacial score (nSPS) is 11.4. The molecular formula is C21H24N6O4S. The van der Waals surface area contributed by atoms with Crippen molar-refractivity contribution in [2.75, 3.05) is 30.4 Å². The van der Waals surface area contributed by atoms with Crippen LogP contribution in [-0.2, 0) is 10.0 Å². The van der Waals surface area contributed by atoms with E-state index in [0.717, 1.165) is 5.69 Å². The number of para-hydroxylation sites is 1. The molecule has 0 aliphatic rings. The largest absolute Gasteiger partial charge is 0.354 e. The molecule has 0 aliphatic carbocycles. The lowest BCUT2D eigenvalue weighted by Crippen LogP contribution is -2.30. The second-order valence-corrected chi connectivity index (χ2v) is 8.72. The number of nitrogens with one attached hydrogen (secondary N) is 1. The Labute approximate surface area is 186 Å². The number of hydrogen-bond acceptors (Lipinski definition) is 8. The molecule has 3 rings (SSSR count). The van der Waals surface area contributed by atoms with Gasteiger partial charge < -0.3 is 10.2 Å². The molecule has 11 heteroatoms. The second kappa shape index (κ2) is 9.71. The van der Waals surface area contributed by atoms with E-state index in [4.69, 9.17) is 0 Å². The molecule has 1 N–H and O–H groups in total. The van der Waals surface area contributed by atoms with Crippen LogP contribution in [0.25, 0.3) is 0 Å². The summed E-state index contributed by atoms with van der Waals surface area (Å²) in [5.41, 5.74) is 0.892. The maximum Gasteiger partial charge on any atom is 0.354 e. The zero-order valence-corrected chi connectivity index (χ0v) is 18.8. The number of hydrogen-bond donors (Lipinski definition) is 1. The third-order valence-corrected chi connectivity index (χ3v) is 6.97. The monoisotopic (exact) mass is 456 g/mol. The SMILES string of the molecule is CCN(CC)S(=O)(=O)c1ccc(Nc2ncnc(N(C)c3ccccc3)c2[N+](=O)[O-])cc1. The minimum absolute atomic E-state index is 0.00197. The highest BCUT2D eigenvalue weighted by molar-refractivity contribution is 7.89. The number of rotatable bonds is 9. The van der Waals surface area contributed by atoms with Crippen molar-refractivity contribution in [1.82, 2.24) is 14.3 Å². The van der Waals surface area contributed by atoms with E-state index >= 15 is 0 Å². The third kappa shape index (κ3) is 4.68. The van der Waals surface area contributed by atoms with Crippen LogP contribution in [0.2, 0.25) is 0 Å². The Balaban J connectivity index is 1.94. The molecule has 0 spiro atoms. The van der Waals surface area contributed by atoms with Gasteiger partial charge in [0.15, 0.2) is 0 Å². The van der Waals surface area contributed by atoms with E-state index < -0.39 is 14.9 Å². The maximum absolute atomic E-state index is 12.7.